The fraction of sp³-hybridized carbons (Fsp3) is 0.0250. The molecule has 0 amide bonds. The highest BCUT2D eigenvalue weighted by atomic mass is 16.5. The van der Waals surface area contributed by atoms with Crippen LogP contribution in [0.4, 0.5) is 0 Å². The summed E-state index contributed by atoms with van der Waals surface area (Å²) in [5.74, 6) is 0.827. The molecule has 9 aromatic carbocycles. The molecule has 1 aliphatic carbocycles. The lowest BCUT2D eigenvalue weighted by Crippen LogP contribution is -2.18. The number of rotatable bonds is 10. The summed E-state index contributed by atoms with van der Waals surface area (Å²) in [4.78, 5) is 19.1. The van der Waals surface area contributed by atoms with Crippen LogP contribution in [-0.4, -0.2) is 35.2 Å². The molecule has 0 spiro atoms. The van der Waals surface area contributed by atoms with Gasteiger partial charge in [0.05, 0.1) is 44.8 Å². The molecule has 7 heterocycles. The summed E-state index contributed by atoms with van der Waals surface area (Å²) in [5, 5.41) is 4.59. The van der Waals surface area contributed by atoms with Crippen molar-refractivity contribution < 1.29 is 4.74 Å². The van der Waals surface area contributed by atoms with Crippen LogP contribution in [0.5, 0.6) is 5.75 Å². The summed E-state index contributed by atoms with van der Waals surface area (Å²) in [6.45, 7) is 0. The molecule has 0 N–H and O–H groups in total. The predicted octanol–water partition coefficient (Wildman–Crippen LogP) is 19.4. The molecule has 0 saturated carbocycles. The second-order valence-electron chi connectivity index (χ2n) is 22.3. The van der Waals surface area contributed by atoms with E-state index in [0.717, 1.165) is 156 Å². The van der Waals surface area contributed by atoms with Crippen molar-refractivity contribution in [1.82, 2.24) is 29.1 Å². The molecule has 7 heteroatoms. The van der Waals surface area contributed by atoms with Gasteiger partial charge in [-0.1, -0.05) is 133 Å². The normalized spacial score (nSPS) is 14.2. The van der Waals surface area contributed by atoms with Crippen LogP contribution >= 0.6 is 0 Å². The zero-order valence-electron chi connectivity index (χ0n) is 47.0. The van der Waals surface area contributed by atoms with E-state index in [9.17, 15) is 0 Å². The van der Waals surface area contributed by atoms with Crippen molar-refractivity contribution >= 4 is 49.3 Å². The first-order chi connectivity index (χ1) is 43.1. The molecule has 2 unspecified atom stereocenters. The van der Waals surface area contributed by atoms with E-state index in [-0.39, 0.29) is 12.0 Å². The first kappa shape index (κ1) is 49.9. The van der Waals surface area contributed by atoms with Gasteiger partial charge < -0.3 is 13.9 Å². The van der Waals surface area contributed by atoms with E-state index in [1.165, 1.54) is 0 Å². The first-order valence-corrected chi connectivity index (χ1v) is 29.4. The summed E-state index contributed by atoms with van der Waals surface area (Å²) < 4.78 is 11.7. The Labute approximate surface area is 502 Å². The van der Waals surface area contributed by atoms with E-state index < -0.39 is 0 Å². The van der Waals surface area contributed by atoms with Gasteiger partial charge in [-0.25, -0.2) is 0 Å². The molecule has 7 nitrogen and oxygen atoms in total. The van der Waals surface area contributed by atoms with Crippen molar-refractivity contribution in [1.29, 1.82) is 0 Å². The van der Waals surface area contributed by atoms with E-state index in [1.807, 2.05) is 73.3 Å². The minimum absolute atomic E-state index is 0.0641. The van der Waals surface area contributed by atoms with Crippen LogP contribution in [0.25, 0.3) is 145 Å². The van der Waals surface area contributed by atoms with E-state index in [4.69, 9.17) is 24.7 Å². The summed E-state index contributed by atoms with van der Waals surface area (Å²) >= 11 is 0. The number of allylic oxidation sites excluding steroid dienone is 2. The Morgan fingerprint density at radius 3 is 1.17 bits per heavy atom. The van der Waals surface area contributed by atoms with Gasteiger partial charge >= 0.3 is 0 Å². The number of hydrogen-bond acceptors (Lipinski definition) is 5. The van der Waals surface area contributed by atoms with Crippen molar-refractivity contribution in [2.24, 2.45) is 0 Å². The van der Waals surface area contributed by atoms with Gasteiger partial charge in [-0.2, -0.15) is 0 Å². The van der Waals surface area contributed by atoms with Crippen molar-refractivity contribution in [2.45, 2.75) is 12.0 Å². The van der Waals surface area contributed by atoms with Gasteiger partial charge in [-0.3, -0.25) is 19.9 Å². The lowest BCUT2D eigenvalue weighted by atomic mass is 9.90. The van der Waals surface area contributed by atoms with Crippen LogP contribution in [0.15, 0.2) is 292 Å². The lowest BCUT2D eigenvalue weighted by molar-refractivity contribution is 0.269. The Hall–Kier alpha value is -11.7. The van der Waals surface area contributed by atoms with E-state index in [1.54, 1.807) is 0 Å². The number of ether oxygens (including phenoxy) is 1. The topological polar surface area (TPSA) is 70.7 Å². The Kier molecular flexibility index (Phi) is 11.8. The minimum atomic E-state index is -0.175. The van der Waals surface area contributed by atoms with Crippen LogP contribution in [0, 0.1) is 12.1 Å². The van der Waals surface area contributed by atoms with Gasteiger partial charge in [0.1, 0.15) is 11.9 Å². The van der Waals surface area contributed by atoms with Crippen LogP contribution in [0.1, 0.15) is 11.5 Å². The largest absolute Gasteiger partial charge is 0.485 e. The molecule has 15 aromatic rings. The number of pyridine rings is 4. The molecule has 2 atom stereocenters. The van der Waals surface area contributed by atoms with Crippen LogP contribution < -0.4 is 4.74 Å². The van der Waals surface area contributed by atoms with Gasteiger partial charge in [0.2, 0.25) is 0 Å². The average molecular weight is 1110 g/mol. The maximum absolute atomic E-state index is 6.87. The highest BCUT2D eigenvalue weighted by Gasteiger charge is 2.35. The Morgan fingerprint density at radius 1 is 0.345 bits per heavy atom. The van der Waals surface area contributed by atoms with E-state index in [0.29, 0.717) is 0 Å². The Bertz CT molecular complexity index is 4980. The molecule has 17 rings (SSSR count). The standard InChI is InChI=1S/C80H50N6O/c1-5-21-61(71-25-9-13-41-81-71)57(17-1)51-29-35-75-65(45-51)66-46-52(58-18-2-6-22-62(58)72-26-10-14-42-82-72)30-36-76(66)85(75)55-33-39-79-69(49-55)70-50-56(34-40-80(70)87-79)86-77-37-31-53(59-19-3-7-23-63(59)73-27-11-15-43-83-73)47-67(77)68-48-54(32-38-78(68)86)60-20-4-8-24-64(60)74-28-12-16-44-84-74/h1-3,5-7,9-50,70,80H. The summed E-state index contributed by atoms with van der Waals surface area (Å²) in [5.41, 5.74) is 24.6. The van der Waals surface area contributed by atoms with Crippen LogP contribution in [0.2, 0.25) is 0 Å². The smallest absolute Gasteiger partial charge is 0.128 e. The van der Waals surface area contributed by atoms with E-state index in [2.05, 4.69) is 240 Å². The zero-order valence-corrected chi connectivity index (χ0v) is 47.0. The second-order valence-corrected chi connectivity index (χ2v) is 22.3. The van der Waals surface area contributed by atoms with Crippen LogP contribution in [0.3, 0.4) is 0 Å². The number of aromatic nitrogens is 6. The van der Waals surface area contributed by atoms with Gasteiger partial charge in [0.15, 0.2) is 0 Å². The maximum Gasteiger partial charge on any atom is 0.128 e. The third-order valence-corrected chi connectivity index (χ3v) is 17.4. The number of nitrogens with zero attached hydrogens (tertiary/aromatic N) is 6. The molecule has 0 radical (unpaired) electrons. The van der Waals surface area contributed by atoms with Crippen LogP contribution in [-0.2, 0) is 0 Å². The molecule has 2 aliphatic rings. The molecule has 0 fully saturated rings. The fourth-order valence-electron chi connectivity index (χ4n) is 13.4. The molecular formula is C80H50N6O. The third-order valence-electron chi connectivity index (χ3n) is 17.4. The van der Waals surface area contributed by atoms with Gasteiger partial charge in [-0.05, 0) is 185 Å². The SMILES string of the molecule is c1cc(-c2ccc3c(c2)c2cc(-c4ccccc4-c4ccccn4)ccc2n3C2=CC3c4cc(-n5c6ccc(-c7ccccc7-c7ccccn7)cc6c6cc(-c7ccccc7-c7ccccn7)ccc65)ccc4OC3C=C2)c(-c2ccccn2)cc#1. The lowest BCUT2D eigenvalue weighted by Gasteiger charge is -2.20. The van der Waals surface area contributed by atoms with Crippen molar-refractivity contribution in [3.8, 4) is 101 Å². The average Bonchev–Trinajstić information content (AvgIpc) is 1.74. The highest BCUT2D eigenvalue weighted by Crippen LogP contribution is 2.48. The molecule has 6 aromatic heterocycles. The van der Waals surface area contributed by atoms with E-state index >= 15 is 0 Å². The molecule has 1 aliphatic heterocycles. The maximum atomic E-state index is 6.87. The number of benzene rings is 8. The highest BCUT2D eigenvalue weighted by molar-refractivity contribution is 6.14. The monoisotopic (exact) mass is 1110 g/mol. The second kappa shape index (κ2) is 20.6. The molecule has 87 heavy (non-hydrogen) atoms. The van der Waals surface area contributed by atoms with Crippen molar-refractivity contribution in [3.05, 3.63) is 309 Å². The quantitative estimate of drug-likeness (QED) is 0.136. The molecule has 0 saturated heterocycles. The number of hydrogen-bond donors (Lipinski definition) is 0. The molecule has 0 bridgehead atoms. The van der Waals surface area contributed by atoms with Crippen molar-refractivity contribution in [3.63, 3.8) is 0 Å². The fourth-order valence-corrected chi connectivity index (χ4v) is 13.4. The van der Waals surface area contributed by atoms with Gasteiger partial charge in [0.25, 0.3) is 0 Å². The minimum Gasteiger partial charge on any atom is -0.485 e. The van der Waals surface area contributed by atoms with Gasteiger partial charge in [0, 0.05) is 97.0 Å². The summed E-state index contributed by atoms with van der Waals surface area (Å²) in [6, 6.07) is 94.8. The Morgan fingerprint density at radius 2 is 0.736 bits per heavy atom. The predicted molar refractivity (Wildman–Crippen MR) is 353 cm³/mol. The zero-order chi connectivity index (χ0) is 57.4. The first-order valence-electron chi connectivity index (χ1n) is 29.4. The van der Waals surface area contributed by atoms with Crippen molar-refractivity contribution in [2.75, 3.05) is 0 Å². The Balaban J connectivity index is 0.818. The molecule has 406 valence electrons. The summed E-state index contributed by atoms with van der Waals surface area (Å²) in [6.07, 6.45) is 14.2. The molecular weight excluding hydrogens is 1060 g/mol. The van der Waals surface area contributed by atoms with Gasteiger partial charge in [-0.15, -0.1) is 0 Å². The number of fused-ring (bicyclic) bond motifs is 9. The third kappa shape index (κ3) is 8.45. The summed E-state index contributed by atoms with van der Waals surface area (Å²) in [7, 11) is 0.